The van der Waals surface area contributed by atoms with E-state index in [1.165, 1.54) is 76.0 Å². The van der Waals surface area contributed by atoms with Gasteiger partial charge >= 0.3 is 0 Å². The SMILES string of the molecule is CCCCCN1CCc2cnc(N3CCN(C4CCC4)CC3)nc2CC1. The lowest BCUT2D eigenvalue weighted by Crippen LogP contribution is -2.52. The Kier molecular flexibility index (Phi) is 6.05. The van der Waals surface area contributed by atoms with E-state index in [2.05, 4.69) is 27.8 Å². The van der Waals surface area contributed by atoms with Crippen LogP contribution < -0.4 is 4.90 Å². The number of fused-ring (bicyclic) bond motifs is 1. The third-order valence-electron chi connectivity index (χ3n) is 6.57. The molecule has 1 aliphatic carbocycles. The van der Waals surface area contributed by atoms with Crippen LogP contribution in [-0.4, -0.2) is 71.6 Å². The van der Waals surface area contributed by atoms with Gasteiger partial charge in [0.05, 0.1) is 5.69 Å². The lowest BCUT2D eigenvalue weighted by atomic mass is 9.91. The monoisotopic (exact) mass is 357 g/mol. The zero-order valence-corrected chi connectivity index (χ0v) is 16.5. The summed E-state index contributed by atoms with van der Waals surface area (Å²) in [5.41, 5.74) is 2.68. The summed E-state index contributed by atoms with van der Waals surface area (Å²) >= 11 is 0. The van der Waals surface area contributed by atoms with E-state index in [9.17, 15) is 0 Å². The highest BCUT2D eigenvalue weighted by Crippen LogP contribution is 2.26. The maximum absolute atomic E-state index is 5.00. The first-order valence-electron chi connectivity index (χ1n) is 10.9. The molecule has 2 aliphatic heterocycles. The number of anilines is 1. The molecule has 0 bridgehead atoms. The summed E-state index contributed by atoms with van der Waals surface area (Å²) in [4.78, 5) is 17.4. The van der Waals surface area contributed by atoms with Crippen LogP contribution in [0.15, 0.2) is 6.20 Å². The Balaban J connectivity index is 1.33. The van der Waals surface area contributed by atoms with E-state index in [1.54, 1.807) is 0 Å². The molecule has 1 saturated heterocycles. The van der Waals surface area contributed by atoms with Gasteiger partial charge in [-0.1, -0.05) is 26.2 Å². The minimum absolute atomic E-state index is 0.865. The number of piperazine rings is 1. The molecule has 0 N–H and O–H groups in total. The molecule has 0 unspecified atom stereocenters. The lowest BCUT2D eigenvalue weighted by Gasteiger charge is -2.43. The van der Waals surface area contributed by atoms with Crippen molar-refractivity contribution in [3.63, 3.8) is 0 Å². The van der Waals surface area contributed by atoms with Crippen LogP contribution >= 0.6 is 0 Å². The Morgan fingerprint density at radius 3 is 2.54 bits per heavy atom. The van der Waals surface area contributed by atoms with Crippen LogP contribution in [0, 0.1) is 0 Å². The molecule has 0 aromatic carbocycles. The highest BCUT2D eigenvalue weighted by atomic mass is 15.3. The molecule has 144 valence electrons. The van der Waals surface area contributed by atoms with Crippen LogP contribution in [0.4, 0.5) is 5.95 Å². The Morgan fingerprint density at radius 1 is 1.00 bits per heavy atom. The summed E-state index contributed by atoms with van der Waals surface area (Å²) in [5, 5.41) is 0. The molecule has 4 rings (SSSR count). The first-order chi connectivity index (χ1) is 12.8. The van der Waals surface area contributed by atoms with Gasteiger partial charge in [-0.05, 0) is 37.8 Å². The summed E-state index contributed by atoms with van der Waals surface area (Å²) in [6.45, 7) is 10.4. The topological polar surface area (TPSA) is 35.5 Å². The molecule has 1 aromatic heterocycles. The van der Waals surface area contributed by atoms with Crippen LogP contribution in [0.2, 0.25) is 0 Å². The van der Waals surface area contributed by atoms with Crippen molar-refractivity contribution in [2.45, 2.75) is 64.3 Å². The standard InChI is InChI=1S/C21H35N5/c1-2-3-4-10-24-11-8-18-17-22-21(23-20(18)9-12-24)26-15-13-25(14-16-26)19-6-5-7-19/h17,19H,2-16H2,1H3. The zero-order chi connectivity index (χ0) is 17.8. The van der Waals surface area contributed by atoms with Crippen LogP contribution in [0.1, 0.15) is 56.7 Å². The van der Waals surface area contributed by atoms with E-state index < -0.39 is 0 Å². The Hall–Kier alpha value is -1.20. The Morgan fingerprint density at radius 2 is 1.81 bits per heavy atom. The third-order valence-corrected chi connectivity index (χ3v) is 6.57. The molecular weight excluding hydrogens is 322 g/mol. The van der Waals surface area contributed by atoms with Gasteiger partial charge in [-0.15, -0.1) is 0 Å². The fraction of sp³-hybridized carbons (Fsp3) is 0.810. The molecule has 0 atom stereocenters. The van der Waals surface area contributed by atoms with Gasteiger partial charge in [0, 0.05) is 57.9 Å². The number of hydrogen-bond donors (Lipinski definition) is 0. The zero-order valence-electron chi connectivity index (χ0n) is 16.5. The number of unbranched alkanes of at least 4 members (excludes halogenated alkanes) is 2. The fourth-order valence-electron chi connectivity index (χ4n) is 4.51. The first-order valence-corrected chi connectivity index (χ1v) is 10.9. The van der Waals surface area contributed by atoms with Gasteiger partial charge in [0.25, 0.3) is 0 Å². The van der Waals surface area contributed by atoms with E-state index in [1.807, 2.05) is 0 Å². The second kappa shape index (κ2) is 8.66. The summed E-state index contributed by atoms with van der Waals surface area (Å²) in [5.74, 6) is 0.969. The van der Waals surface area contributed by atoms with Gasteiger partial charge < -0.3 is 9.80 Å². The first kappa shape index (κ1) is 18.2. The number of rotatable bonds is 6. The van der Waals surface area contributed by atoms with E-state index in [-0.39, 0.29) is 0 Å². The molecule has 26 heavy (non-hydrogen) atoms. The molecular formula is C21H35N5. The average molecular weight is 358 g/mol. The number of aromatic nitrogens is 2. The molecule has 0 radical (unpaired) electrons. The Labute approximate surface area is 158 Å². The van der Waals surface area contributed by atoms with Crippen molar-refractivity contribution in [2.75, 3.05) is 50.7 Å². The minimum Gasteiger partial charge on any atom is -0.338 e. The molecule has 1 saturated carbocycles. The molecule has 3 heterocycles. The van der Waals surface area contributed by atoms with E-state index in [0.717, 1.165) is 44.5 Å². The lowest BCUT2D eigenvalue weighted by molar-refractivity contribution is 0.120. The maximum atomic E-state index is 5.00. The summed E-state index contributed by atoms with van der Waals surface area (Å²) in [6, 6.07) is 0.865. The van der Waals surface area contributed by atoms with Gasteiger partial charge in [0.1, 0.15) is 0 Å². The predicted octanol–water partition coefficient (Wildman–Crippen LogP) is 2.74. The van der Waals surface area contributed by atoms with Gasteiger partial charge in [0.15, 0.2) is 0 Å². The van der Waals surface area contributed by atoms with E-state index in [0.29, 0.717) is 0 Å². The van der Waals surface area contributed by atoms with Crippen molar-refractivity contribution >= 4 is 5.95 Å². The quantitative estimate of drug-likeness (QED) is 0.732. The van der Waals surface area contributed by atoms with Crippen molar-refractivity contribution in [3.05, 3.63) is 17.5 Å². The van der Waals surface area contributed by atoms with Crippen molar-refractivity contribution in [1.29, 1.82) is 0 Å². The third kappa shape index (κ3) is 4.20. The second-order valence-electron chi connectivity index (χ2n) is 8.30. The summed E-state index contributed by atoms with van der Waals surface area (Å²) < 4.78 is 0. The average Bonchev–Trinajstić information content (AvgIpc) is 2.83. The largest absolute Gasteiger partial charge is 0.338 e. The molecule has 1 aromatic rings. The summed E-state index contributed by atoms with van der Waals surface area (Å²) in [7, 11) is 0. The normalized spacial score (nSPS) is 22.7. The van der Waals surface area contributed by atoms with E-state index in [4.69, 9.17) is 9.97 Å². The summed E-state index contributed by atoms with van der Waals surface area (Å²) in [6.07, 6.45) is 12.5. The van der Waals surface area contributed by atoms with Crippen LogP contribution in [0.5, 0.6) is 0 Å². The molecule has 5 nitrogen and oxygen atoms in total. The highest BCUT2D eigenvalue weighted by molar-refractivity contribution is 5.34. The van der Waals surface area contributed by atoms with Crippen LogP contribution in [-0.2, 0) is 12.8 Å². The van der Waals surface area contributed by atoms with Crippen molar-refractivity contribution in [3.8, 4) is 0 Å². The van der Waals surface area contributed by atoms with E-state index >= 15 is 0 Å². The molecule has 5 heteroatoms. The minimum atomic E-state index is 0.865. The van der Waals surface area contributed by atoms with Crippen LogP contribution in [0.25, 0.3) is 0 Å². The smallest absolute Gasteiger partial charge is 0.225 e. The maximum Gasteiger partial charge on any atom is 0.225 e. The van der Waals surface area contributed by atoms with Gasteiger partial charge in [-0.2, -0.15) is 0 Å². The predicted molar refractivity (Wildman–Crippen MR) is 107 cm³/mol. The number of hydrogen-bond acceptors (Lipinski definition) is 5. The van der Waals surface area contributed by atoms with Gasteiger partial charge in [-0.25, -0.2) is 9.97 Å². The Bertz CT molecular complexity index is 578. The molecule has 2 fully saturated rings. The molecule has 0 amide bonds. The second-order valence-corrected chi connectivity index (χ2v) is 8.30. The van der Waals surface area contributed by atoms with Crippen LogP contribution in [0.3, 0.4) is 0 Å². The molecule has 3 aliphatic rings. The van der Waals surface area contributed by atoms with Gasteiger partial charge in [0.2, 0.25) is 5.95 Å². The van der Waals surface area contributed by atoms with Crippen molar-refractivity contribution in [2.24, 2.45) is 0 Å². The van der Waals surface area contributed by atoms with Crippen molar-refractivity contribution in [1.82, 2.24) is 19.8 Å². The molecule has 0 spiro atoms. The van der Waals surface area contributed by atoms with Crippen molar-refractivity contribution < 1.29 is 0 Å². The fourth-order valence-corrected chi connectivity index (χ4v) is 4.51. The number of nitrogens with zero attached hydrogens (tertiary/aromatic N) is 5. The van der Waals surface area contributed by atoms with Gasteiger partial charge in [-0.3, -0.25) is 4.90 Å². The highest BCUT2D eigenvalue weighted by Gasteiger charge is 2.28.